The number of piperidine rings is 1. The van der Waals surface area contributed by atoms with Crippen molar-refractivity contribution in [2.75, 3.05) is 6.54 Å². The number of aliphatic hydroxyl groups excluding tert-OH is 1. The molecule has 1 aliphatic heterocycles. The molecular formula is C13H18N2O. The molecule has 86 valence electrons. The number of aliphatic hydroxyl groups is 1. The summed E-state index contributed by atoms with van der Waals surface area (Å²) >= 11 is 0. The lowest BCUT2D eigenvalue weighted by molar-refractivity contribution is 0.0639. The second-order valence-electron chi connectivity index (χ2n) is 4.98. The predicted octanol–water partition coefficient (Wildman–Crippen LogP) is 0.889. The first kappa shape index (κ1) is 9.97. The highest BCUT2D eigenvalue weighted by atomic mass is 16.3. The van der Waals surface area contributed by atoms with Gasteiger partial charge in [0.2, 0.25) is 0 Å². The maximum absolute atomic E-state index is 10.2. The minimum absolute atomic E-state index is 0.219. The standard InChI is InChI=1S/C13H18N2O/c14-9-5-4-8-7-15-11-2-1-3-12(16)13(11)10(8)6-9/h2,4-6,8,10,12-13,15-16H,1,3,7,14H2. The Bertz CT molecular complexity index is 383. The van der Waals surface area contributed by atoms with Crippen molar-refractivity contribution in [3.63, 3.8) is 0 Å². The van der Waals surface area contributed by atoms with E-state index < -0.39 is 0 Å². The Hall–Kier alpha value is -1.22. The summed E-state index contributed by atoms with van der Waals surface area (Å²) in [4.78, 5) is 0. The van der Waals surface area contributed by atoms with Crippen LogP contribution in [0.5, 0.6) is 0 Å². The second-order valence-corrected chi connectivity index (χ2v) is 4.98. The molecule has 0 radical (unpaired) electrons. The highest BCUT2D eigenvalue weighted by Crippen LogP contribution is 2.40. The van der Waals surface area contributed by atoms with Gasteiger partial charge in [-0.15, -0.1) is 0 Å². The van der Waals surface area contributed by atoms with Crippen molar-refractivity contribution >= 4 is 0 Å². The smallest absolute Gasteiger partial charge is 0.0631 e. The van der Waals surface area contributed by atoms with Crippen molar-refractivity contribution in [1.29, 1.82) is 0 Å². The molecule has 0 bridgehead atoms. The number of hydrogen-bond donors (Lipinski definition) is 3. The molecule has 0 spiro atoms. The zero-order chi connectivity index (χ0) is 11.1. The molecule has 0 aromatic carbocycles. The van der Waals surface area contributed by atoms with E-state index in [0.717, 1.165) is 25.1 Å². The van der Waals surface area contributed by atoms with Crippen molar-refractivity contribution in [2.24, 2.45) is 23.5 Å². The first-order valence-corrected chi connectivity index (χ1v) is 6.03. The number of hydrogen-bond acceptors (Lipinski definition) is 3. The Morgan fingerprint density at radius 1 is 1.44 bits per heavy atom. The van der Waals surface area contributed by atoms with Crippen molar-refractivity contribution in [2.45, 2.75) is 18.9 Å². The molecule has 3 aliphatic rings. The number of fused-ring (bicyclic) bond motifs is 3. The molecule has 1 heterocycles. The number of rotatable bonds is 0. The molecule has 3 heteroatoms. The largest absolute Gasteiger partial charge is 0.399 e. The molecule has 16 heavy (non-hydrogen) atoms. The Kier molecular flexibility index (Phi) is 2.28. The van der Waals surface area contributed by atoms with Crippen LogP contribution in [0.2, 0.25) is 0 Å². The first-order chi connectivity index (χ1) is 7.75. The van der Waals surface area contributed by atoms with Gasteiger partial charge in [-0.25, -0.2) is 0 Å². The molecule has 0 aromatic rings. The van der Waals surface area contributed by atoms with Gasteiger partial charge in [0.05, 0.1) is 6.10 Å². The van der Waals surface area contributed by atoms with Gasteiger partial charge < -0.3 is 16.2 Å². The Morgan fingerprint density at radius 3 is 3.19 bits per heavy atom. The minimum atomic E-state index is -0.226. The quantitative estimate of drug-likeness (QED) is 0.566. The molecule has 3 nitrogen and oxygen atoms in total. The fourth-order valence-corrected chi connectivity index (χ4v) is 3.16. The van der Waals surface area contributed by atoms with E-state index >= 15 is 0 Å². The van der Waals surface area contributed by atoms with Gasteiger partial charge in [-0.1, -0.05) is 18.2 Å². The average molecular weight is 218 g/mol. The van der Waals surface area contributed by atoms with E-state index in [1.54, 1.807) is 0 Å². The molecule has 1 saturated heterocycles. The lowest BCUT2D eigenvalue weighted by Gasteiger charge is -2.43. The Labute approximate surface area is 95.7 Å². The average Bonchev–Trinajstić information content (AvgIpc) is 2.28. The van der Waals surface area contributed by atoms with E-state index in [2.05, 4.69) is 23.5 Å². The van der Waals surface area contributed by atoms with Crippen LogP contribution < -0.4 is 11.1 Å². The number of nitrogens with two attached hydrogens (primary N) is 1. The van der Waals surface area contributed by atoms with E-state index in [-0.39, 0.29) is 12.0 Å². The van der Waals surface area contributed by atoms with Crippen molar-refractivity contribution < 1.29 is 5.11 Å². The molecule has 0 aromatic heterocycles. The van der Waals surface area contributed by atoms with Gasteiger partial charge in [0, 0.05) is 29.8 Å². The van der Waals surface area contributed by atoms with Crippen LogP contribution in [0, 0.1) is 17.8 Å². The molecule has 4 atom stereocenters. The van der Waals surface area contributed by atoms with Crippen LogP contribution in [0.3, 0.4) is 0 Å². The summed E-state index contributed by atoms with van der Waals surface area (Å²) in [6, 6.07) is 0. The Morgan fingerprint density at radius 2 is 2.31 bits per heavy atom. The molecule has 0 amide bonds. The molecule has 4 N–H and O–H groups in total. The van der Waals surface area contributed by atoms with E-state index in [1.807, 2.05) is 6.08 Å². The summed E-state index contributed by atoms with van der Waals surface area (Å²) in [6.07, 6.45) is 10.1. The van der Waals surface area contributed by atoms with Crippen molar-refractivity contribution in [3.05, 3.63) is 35.7 Å². The van der Waals surface area contributed by atoms with E-state index in [9.17, 15) is 5.11 Å². The van der Waals surface area contributed by atoms with Gasteiger partial charge in [-0.3, -0.25) is 0 Å². The van der Waals surface area contributed by atoms with Gasteiger partial charge >= 0.3 is 0 Å². The Balaban J connectivity index is 1.95. The lowest BCUT2D eigenvalue weighted by atomic mass is 9.69. The predicted molar refractivity (Wildman–Crippen MR) is 63.2 cm³/mol. The fraction of sp³-hybridized carbons (Fsp3) is 0.538. The summed E-state index contributed by atoms with van der Waals surface area (Å²) < 4.78 is 0. The lowest BCUT2D eigenvalue weighted by Crippen LogP contribution is -2.47. The summed E-state index contributed by atoms with van der Waals surface area (Å²) in [6.45, 7) is 0.958. The maximum atomic E-state index is 10.2. The highest BCUT2D eigenvalue weighted by molar-refractivity contribution is 5.29. The van der Waals surface area contributed by atoms with Crippen LogP contribution in [0.4, 0.5) is 0 Å². The van der Waals surface area contributed by atoms with Crippen LogP contribution in [-0.2, 0) is 0 Å². The molecule has 0 saturated carbocycles. The topological polar surface area (TPSA) is 58.3 Å². The van der Waals surface area contributed by atoms with Gasteiger partial charge in [-0.05, 0) is 24.8 Å². The first-order valence-electron chi connectivity index (χ1n) is 6.03. The van der Waals surface area contributed by atoms with Crippen LogP contribution >= 0.6 is 0 Å². The third kappa shape index (κ3) is 1.47. The zero-order valence-corrected chi connectivity index (χ0v) is 9.26. The number of allylic oxidation sites excluding steroid dienone is 3. The molecule has 2 aliphatic carbocycles. The molecule has 1 fully saturated rings. The van der Waals surface area contributed by atoms with E-state index in [0.29, 0.717) is 11.8 Å². The minimum Gasteiger partial charge on any atom is -0.399 e. The zero-order valence-electron chi connectivity index (χ0n) is 9.26. The monoisotopic (exact) mass is 218 g/mol. The SMILES string of the molecule is NC1=CC2C(C=C1)CNC1=CCCC(O)C12. The van der Waals surface area contributed by atoms with Gasteiger partial charge in [0.15, 0.2) is 0 Å². The van der Waals surface area contributed by atoms with Gasteiger partial charge in [0.1, 0.15) is 0 Å². The van der Waals surface area contributed by atoms with Crippen LogP contribution in [-0.4, -0.2) is 17.8 Å². The van der Waals surface area contributed by atoms with Crippen molar-refractivity contribution in [1.82, 2.24) is 5.32 Å². The van der Waals surface area contributed by atoms with Gasteiger partial charge in [-0.2, -0.15) is 0 Å². The van der Waals surface area contributed by atoms with Crippen LogP contribution in [0.25, 0.3) is 0 Å². The highest BCUT2D eigenvalue weighted by Gasteiger charge is 2.40. The normalized spacial score (nSPS) is 41.3. The number of nitrogens with one attached hydrogen (secondary N) is 1. The second kappa shape index (κ2) is 3.67. The molecule has 3 rings (SSSR count). The molecular weight excluding hydrogens is 200 g/mol. The summed E-state index contributed by atoms with van der Waals surface area (Å²) in [5.74, 6) is 1.06. The fourth-order valence-electron chi connectivity index (χ4n) is 3.16. The third-order valence-corrected chi connectivity index (χ3v) is 3.97. The van der Waals surface area contributed by atoms with Gasteiger partial charge in [0.25, 0.3) is 0 Å². The summed E-state index contributed by atoms with van der Waals surface area (Å²) in [5, 5.41) is 13.6. The maximum Gasteiger partial charge on any atom is 0.0631 e. The van der Waals surface area contributed by atoms with E-state index in [4.69, 9.17) is 5.73 Å². The van der Waals surface area contributed by atoms with Crippen molar-refractivity contribution in [3.8, 4) is 0 Å². The van der Waals surface area contributed by atoms with Crippen LogP contribution in [0.15, 0.2) is 35.7 Å². The van der Waals surface area contributed by atoms with E-state index in [1.165, 1.54) is 5.70 Å². The molecule has 4 unspecified atom stereocenters. The third-order valence-electron chi connectivity index (χ3n) is 3.97. The summed E-state index contributed by atoms with van der Waals surface area (Å²) in [5.41, 5.74) is 7.92. The summed E-state index contributed by atoms with van der Waals surface area (Å²) in [7, 11) is 0. The van der Waals surface area contributed by atoms with Crippen LogP contribution in [0.1, 0.15) is 12.8 Å².